The summed E-state index contributed by atoms with van der Waals surface area (Å²) in [5.41, 5.74) is 0. The average Bonchev–Trinajstić information content (AvgIpc) is 2.15. The summed E-state index contributed by atoms with van der Waals surface area (Å²) in [4.78, 5) is 36.1. The highest BCUT2D eigenvalue weighted by Crippen LogP contribution is 2.02. The summed E-state index contributed by atoms with van der Waals surface area (Å²) in [6.07, 6.45) is 1.88. The molecule has 0 aromatic carbocycles. The van der Waals surface area contributed by atoms with Crippen molar-refractivity contribution in [2.75, 3.05) is 20.6 Å². The van der Waals surface area contributed by atoms with Crippen LogP contribution in [0.25, 0.3) is 0 Å². The van der Waals surface area contributed by atoms with E-state index in [1.807, 2.05) is 0 Å². The summed E-state index contributed by atoms with van der Waals surface area (Å²) < 4.78 is 0. The largest absolute Gasteiger partial charge is 0.330 e. The Kier molecular flexibility index (Phi) is 6.37. The molecule has 0 bridgehead atoms. The third-order valence-electron chi connectivity index (χ3n) is 2.15. The number of imide groups is 1. The van der Waals surface area contributed by atoms with Crippen LogP contribution in [-0.2, 0) is 9.59 Å². The van der Waals surface area contributed by atoms with Crippen LogP contribution < -0.4 is 0 Å². The number of hydrogen-bond acceptors (Lipinski definition) is 3. The SMILES string of the molecule is CC(=O)CCCCN(C(C)=O)C(=O)N(C)C. The molecule has 0 aliphatic rings. The highest BCUT2D eigenvalue weighted by atomic mass is 16.2. The predicted octanol–water partition coefficient (Wildman–Crippen LogP) is 1.28. The van der Waals surface area contributed by atoms with Crippen LogP contribution in [0.2, 0.25) is 0 Å². The first kappa shape index (κ1) is 14.6. The predicted molar refractivity (Wildman–Crippen MR) is 61.0 cm³/mol. The Balaban J connectivity index is 4.10. The molecule has 0 aromatic heterocycles. The number of carbonyl (C=O) groups is 3. The van der Waals surface area contributed by atoms with E-state index in [9.17, 15) is 14.4 Å². The summed E-state index contributed by atoms with van der Waals surface area (Å²) >= 11 is 0. The third-order valence-corrected chi connectivity index (χ3v) is 2.15. The Morgan fingerprint density at radius 3 is 1.94 bits per heavy atom. The maximum absolute atomic E-state index is 11.6. The van der Waals surface area contributed by atoms with Crippen LogP contribution in [0.15, 0.2) is 0 Å². The van der Waals surface area contributed by atoms with Gasteiger partial charge in [0.25, 0.3) is 0 Å². The number of rotatable bonds is 5. The fourth-order valence-electron chi connectivity index (χ4n) is 1.27. The Morgan fingerprint density at radius 2 is 1.56 bits per heavy atom. The number of nitrogens with zero attached hydrogens (tertiary/aromatic N) is 2. The van der Waals surface area contributed by atoms with Gasteiger partial charge < -0.3 is 9.69 Å². The monoisotopic (exact) mass is 228 g/mol. The Labute approximate surface area is 96.4 Å². The minimum atomic E-state index is -0.310. The first-order valence-corrected chi connectivity index (χ1v) is 5.35. The maximum atomic E-state index is 11.6. The molecule has 5 heteroatoms. The second kappa shape index (κ2) is 6.98. The van der Waals surface area contributed by atoms with E-state index in [2.05, 4.69) is 0 Å². The van der Waals surface area contributed by atoms with Crippen LogP contribution in [0, 0.1) is 0 Å². The number of ketones is 1. The van der Waals surface area contributed by atoms with Crippen molar-refractivity contribution in [3.05, 3.63) is 0 Å². The van der Waals surface area contributed by atoms with Gasteiger partial charge in [-0.25, -0.2) is 4.79 Å². The summed E-state index contributed by atoms with van der Waals surface area (Å²) in [6, 6.07) is -0.310. The van der Waals surface area contributed by atoms with Gasteiger partial charge in [0.05, 0.1) is 0 Å². The summed E-state index contributed by atoms with van der Waals surface area (Å²) in [7, 11) is 3.21. The van der Waals surface area contributed by atoms with E-state index in [1.165, 1.54) is 23.6 Å². The lowest BCUT2D eigenvalue weighted by Gasteiger charge is -2.22. The summed E-state index contributed by atoms with van der Waals surface area (Å²) in [6.45, 7) is 3.28. The molecule has 0 saturated heterocycles. The molecular weight excluding hydrogens is 208 g/mol. The molecule has 0 fully saturated rings. The minimum Gasteiger partial charge on any atom is -0.330 e. The number of urea groups is 1. The van der Waals surface area contributed by atoms with E-state index >= 15 is 0 Å². The minimum absolute atomic E-state index is 0.133. The molecule has 0 N–H and O–H groups in total. The van der Waals surface area contributed by atoms with E-state index in [0.717, 1.165) is 0 Å². The van der Waals surface area contributed by atoms with Crippen molar-refractivity contribution in [2.24, 2.45) is 0 Å². The number of unbranched alkanes of at least 4 members (excludes halogenated alkanes) is 1. The van der Waals surface area contributed by atoms with Crippen molar-refractivity contribution in [2.45, 2.75) is 33.1 Å². The van der Waals surface area contributed by atoms with Crippen LogP contribution in [0.5, 0.6) is 0 Å². The standard InChI is InChI=1S/C11H20N2O3/c1-9(14)7-5-6-8-13(10(2)15)11(16)12(3)4/h5-8H2,1-4H3. The van der Waals surface area contributed by atoms with Gasteiger partial charge in [0.2, 0.25) is 5.91 Å². The van der Waals surface area contributed by atoms with Crippen molar-refractivity contribution in [1.82, 2.24) is 9.80 Å². The lowest BCUT2D eigenvalue weighted by molar-refractivity contribution is -0.126. The number of amides is 3. The molecule has 0 saturated carbocycles. The highest BCUT2D eigenvalue weighted by Gasteiger charge is 2.18. The van der Waals surface area contributed by atoms with E-state index in [-0.39, 0.29) is 17.7 Å². The Bertz CT molecular complexity index is 274. The molecule has 92 valence electrons. The summed E-state index contributed by atoms with van der Waals surface area (Å²) in [5, 5.41) is 0. The molecule has 0 radical (unpaired) electrons. The quantitative estimate of drug-likeness (QED) is 0.666. The lowest BCUT2D eigenvalue weighted by atomic mass is 10.2. The van der Waals surface area contributed by atoms with E-state index in [1.54, 1.807) is 14.1 Å². The Morgan fingerprint density at radius 1 is 1.00 bits per heavy atom. The van der Waals surface area contributed by atoms with Gasteiger partial charge in [0, 0.05) is 34.0 Å². The highest BCUT2D eigenvalue weighted by molar-refractivity contribution is 5.92. The van der Waals surface area contributed by atoms with Crippen molar-refractivity contribution >= 4 is 17.7 Å². The van der Waals surface area contributed by atoms with E-state index in [4.69, 9.17) is 0 Å². The zero-order valence-corrected chi connectivity index (χ0v) is 10.4. The second-order valence-corrected chi connectivity index (χ2v) is 4.01. The first-order valence-electron chi connectivity index (χ1n) is 5.35. The molecule has 0 aliphatic carbocycles. The molecule has 3 amide bonds. The van der Waals surface area contributed by atoms with Gasteiger partial charge in [-0.05, 0) is 19.8 Å². The molecule has 0 aromatic rings. The van der Waals surface area contributed by atoms with E-state index in [0.29, 0.717) is 25.8 Å². The zero-order valence-electron chi connectivity index (χ0n) is 10.4. The molecule has 5 nitrogen and oxygen atoms in total. The molecular formula is C11H20N2O3. The maximum Gasteiger partial charge on any atom is 0.326 e. The van der Waals surface area contributed by atoms with Crippen LogP contribution in [-0.4, -0.2) is 48.2 Å². The van der Waals surface area contributed by atoms with Crippen LogP contribution in [0.3, 0.4) is 0 Å². The zero-order chi connectivity index (χ0) is 12.7. The molecule has 16 heavy (non-hydrogen) atoms. The number of carbonyl (C=O) groups excluding carboxylic acids is 3. The first-order chi connectivity index (χ1) is 7.36. The Hall–Kier alpha value is -1.39. The van der Waals surface area contributed by atoms with Gasteiger partial charge in [-0.3, -0.25) is 9.69 Å². The van der Waals surface area contributed by atoms with Crippen LogP contribution in [0.4, 0.5) is 4.79 Å². The third kappa shape index (κ3) is 5.48. The van der Waals surface area contributed by atoms with Gasteiger partial charge in [0.15, 0.2) is 0 Å². The second-order valence-electron chi connectivity index (χ2n) is 4.01. The number of Topliss-reactive ketones (excluding diaryl/α,β-unsaturated/α-hetero) is 1. The lowest BCUT2D eigenvalue weighted by Crippen LogP contribution is -2.42. The van der Waals surface area contributed by atoms with Gasteiger partial charge >= 0.3 is 6.03 Å². The molecule has 0 heterocycles. The van der Waals surface area contributed by atoms with Crippen molar-refractivity contribution < 1.29 is 14.4 Å². The van der Waals surface area contributed by atoms with Crippen molar-refractivity contribution in [1.29, 1.82) is 0 Å². The summed E-state index contributed by atoms with van der Waals surface area (Å²) in [5.74, 6) is -0.130. The molecule has 0 rings (SSSR count). The van der Waals surface area contributed by atoms with Crippen molar-refractivity contribution in [3.63, 3.8) is 0 Å². The molecule has 0 unspecified atom stereocenters. The van der Waals surface area contributed by atoms with Crippen LogP contribution in [0.1, 0.15) is 33.1 Å². The smallest absolute Gasteiger partial charge is 0.326 e. The molecule has 0 spiro atoms. The van der Waals surface area contributed by atoms with Crippen molar-refractivity contribution in [3.8, 4) is 0 Å². The van der Waals surface area contributed by atoms with Crippen LogP contribution >= 0.6 is 0 Å². The fourth-order valence-corrected chi connectivity index (χ4v) is 1.27. The van der Waals surface area contributed by atoms with Gasteiger partial charge in [-0.1, -0.05) is 0 Å². The molecule has 0 atom stereocenters. The van der Waals surface area contributed by atoms with Gasteiger partial charge in [-0.2, -0.15) is 0 Å². The average molecular weight is 228 g/mol. The topological polar surface area (TPSA) is 57.7 Å². The molecule has 0 aliphatic heterocycles. The normalized spacial score (nSPS) is 9.75. The fraction of sp³-hybridized carbons (Fsp3) is 0.727. The van der Waals surface area contributed by atoms with Gasteiger partial charge in [-0.15, -0.1) is 0 Å². The van der Waals surface area contributed by atoms with E-state index < -0.39 is 0 Å². The number of hydrogen-bond donors (Lipinski definition) is 0. The van der Waals surface area contributed by atoms with Gasteiger partial charge in [0.1, 0.15) is 5.78 Å².